The smallest absolute Gasteiger partial charge is 0.543 e. The predicted molar refractivity (Wildman–Crippen MR) is 98.4 cm³/mol. The van der Waals surface area contributed by atoms with Gasteiger partial charge in [0.25, 0.3) is 15.2 Å². The molecule has 2 amide bonds. The first-order chi connectivity index (χ1) is 13.7. The van der Waals surface area contributed by atoms with Crippen LogP contribution in [0, 0.1) is 0 Å². The monoisotopic (exact) mass is 516 g/mol. The number of aliphatic carboxylic acids is 1. The molecule has 2 heterocycles. The van der Waals surface area contributed by atoms with Crippen LogP contribution in [-0.2, 0) is 28.7 Å². The number of hydrogen-bond donors (Lipinski definition) is 1. The second-order valence-corrected chi connectivity index (χ2v) is 9.67. The summed E-state index contributed by atoms with van der Waals surface area (Å²) in [6, 6.07) is -1.36. The number of hydrogen-bond acceptors (Lipinski definition) is 11. The molecule has 1 N–H and O–H groups in total. The van der Waals surface area contributed by atoms with E-state index in [1.807, 2.05) is 5.32 Å². The van der Waals surface area contributed by atoms with Crippen molar-refractivity contribution in [2.24, 2.45) is 0 Å². The molecule has 2 aliphatic heterocycles. The number of esters is 1. The molecule has 2 rings (SSSR count). The van der Waals surface area contributed by atoms with Crippen molar-refractivity contribution in [1.82, 2.24) is 10.2 Å². The minimum absolute atomic E-state index is 0. The Labute approximate surface area is 208 Å². The molecular formula is C13H12F3N2NaO7S4. The average Bonchev–Trinajstić information content (AvgIpc) is 2.70. The maximum atomic E-state index is 12.9. The molecule has 0 radical (unpaired) electrons. The van der Waals surface area contributed by atoms with E-state index in [9.17, 15) is 35.9 Å². The van der Waals surface area contributed by atoms with E-state index in [0.717, 1.165) is 30.7 Å². The Morgan fingerprint density at radius 2 is 1.87 bits per heavy atom. The number of methoxy groups -OCH3 is 1. The molecule has 3 atom stereocenters. The maximum absolute atomic E-state index is 12.9. The van der Waals surface area contributed by atoms with E-state index in [0.29, 0.717) is 0 Å². The van der Waals surface area contributed by atoms with E-state index in [1.54, 1.807) is 0 Å². The first-order valence-corrected chi connectivity index (χ1v) is 10.7. The second-order valence-electron chi connectivity index (χ2n) is 5.49. The van der Waals surface area contributed by atoms with E-state index in [1.165, 1.54) is 0 Å². The number of ether oxygens (including phenoxy) is 2. The number of amides is 2. The molecule has 1 fully saturated rings. The molecule has 30 heavy (non-hydrogen) atoms. The Morgan fingerprint density at radius 1 is 1.30 bits per heavy atom. The van der Waals surface area contributed by atoms with Gasteiger partial charge in [-0.2, -0.15) is 11.7 Å². The quantitative estimate of drug-likeness (QED) is 0.151. The van der Waals surface area contributed by atoms with Gasteiger partial charge in [0.1, 0.15) is 11.4 Å². The largest absolute Gasteiger partial charge is 1.00 e. The van der Waals surface area contributed by atoms with Gasteiger partial charge in [0.05, 0.1) is 48.1 Å². The zero-order valence-electron chi connectivity index (χ0n) is 15.5. The number of carbonyl (C=O) groups excluding carboxylic acids is 4. The molecule has 162 valence electrons. The number of β-lactam (4-membered cyclic amide) rings is 1. The summed E-state index contributed by atoms with van der Waals surface area (Å²) in [4.78, 5) is 48.1. The van der Waals surface area contributed by atoms with Crippen molar-refractivity contribution in [3.05, 3.63) is 11.3 Å². The summed E-state index contributed by atoms with van der Waals surface area (Å²) in [5.41, 5.74) is -0.669. The van der Waals surface area contributed by atoms with Gasteiger partial charge in [-0.3, -0.25) is 19.3 Å². The number of rotatable bonds is 9. The van der Waals surface area contributed by atoms with E-state index in [4.69, 9.17) is 9.47 Å². The van der Waals surface area contributed by atoms with Crippen LogP contribution >= 0.6 is 48.2 Å². The Bertz CT molecular complexity index is 750. The van der Waals surface area contributed by atoms with Crippen molar-refractivity contribution < 1.29 is 75.0 Å². The number of nitrogens with one attached hydrogen (secondary N) is 1. The summed E-state index contributed by atoms with van der Waals surface area (Å²) in [5, 5.41) is 12.7. The summed E-state index contributed by atoms with van der Waals surface area (Å²) in [7, 11) is 1.16. The molecular weight excluding hydrogens is 504 g/mol. The third-order valence-corrected chi connectivity index (χ3v) is 7.43. The van der Waals surface area contributed by atoms with Gasteiger partial charge < -0.3 is 24.7 Å². The van der Waals surface area contributed by atoms with Gasteiger partial charge in [-0.25, -0.2) is 0 Å². The van der Waals surface area contributed by atoms with Crippen molar-refractivity contribution in [3.8, 4) is 0 Å². The van der Waals surface area contributed by atoms with E-state index in [-0.39, 0.29) is 40.9 Å². The molecule has 0 aromatic carbocycles. The molecule has 0 aromatic rings. The van der Waals surface area contributed by atoms with Crippen LogP contribution in [0.15, 0.2) is 11.3 Å². The zero-order valence-corrected chi connectivity index (χ0v) is 20.8. The fourth-order valence-corrected chi connectivity index (χ4v) is 4.63. The van der Waals surface area contributed by atoms with Crippen LogP contribution in [0.4, 0.5) is 11.7 Å². The van der Waals surface area contributed by atoms with Crippen molar-refractivity contribution in [2.45, 2.75) is 28.0 Å². The van der Waals surface area contributed by atoms with Crippen molar-refractivity contribution in [1.29, 1.82) is 0 Å². The van der Waals surface area contributed by atoms with Crippen LogP contribution < -0.4 is 40.0 Å². The molecule has 0 aromatic heterocycles. The van der Waals surface area contributed by atoms with Gasteiger partial charge in [-0.15, -0.1) is 11.8 Å². The van der Waals surface area contributed by atoms with Crippen LogP contribution in [-0.4, -0.2) is 62.6 Å². The summed E-state index contributed by atoms with van der Waals surface area (Å²) in [6.07, 6.45) is -1.39. The van der Waals surface area contributed by atoms with Crippen LogP contribution in [0.1, 0.15) is 6.92 Å². The SMILES string of the molecule is COC(OC(C)=O)C1=C(C(=O)[O-])N2C(=O)[C@@H](NC(=O)C(SF)(SF)SF)[C@H]2SC1.[Na+]. The third-order valence-electron chi connectivity index (χ3n) is 3.83. The van der Waals surface area contributed by atoms with E-state index < -0.39 is 87.0 Å². The van der Waals surface area contributed by atoms with Crippen molar-refractivity contribution in [2.75, 3.05) is 12.9 Å². The Hall–Kier alpha value is -0.230. The van der Waals surface area contributed by atoms with E-state index >= 15 is 0 Å². The number of fused-ring (bicyclic) bond motifs is 1. The molecule has 17 heteroatoms. The summed E-state index contributed by atoms with van der Waals surface area (Å²) in [5.74, 6) is -4.99. The Morgan fingerprint density at radius 3 is 2.30 bits per heavy atom. The average molecular weight is 516 g/mol. The van der Waals surface area contributed by atoms with Gasteiger partial charge in [0.2, 0.25) is 6.29 Å². The predicted octanol–water partition coefficient (Wildman–Crippen LogP) is -2.56. The normalized spacial score (nSPS) is 21.8. The van der Waals surface area contributed by atoms with Gasteiger partial charge in [-0.1, -0.05) is 0 Å². The fraction of sp³-hybridized carbons (Fsp3) is 0.538. The standard InChI is InChI=1S/C13H13F3N2O7S4.Na/c1-4(19)25-11(24-2)5-3-26-9-6(8(20)18(9)7(5)10(21)22)17-12(23)13(27-14,28-15)29-16;/h6,9,11H,3H2,1-2H3,(H,17,23)(H,21,22);/q;+1/p-1/t6-,9-,11?;/m1./s1. The van der Waals surface area contributed by atoms with Crippen LogP contribution in [0.3, 0.4) is 0 Å². The summed E-state index contributed by atoms with van der Waals surface area (Å²) in [6.45, 7) is 1.07. The topological polar surface area (TPSA) is 125 Å². The molecule has 0 aliphatic carbocycles. The molecule has 0 spiro atoms. The summed E-state index contributed by atoms with van der Waals surface area (Å²) >= 11 is -1.72. The molecule has 2 aliphatic rings. The zero-order chi connectivity index (χ0) is 21.9. The molecule has 1 unspecified atom stereocenters. The fourth-order valence-electron chi connectivity index (χ4n) is 2.60. The minimum atomic E-state index is -2.81. The molecule has 1 saturated heterocycles. The van der Waals surface area contributed by atoms with Crippen LogP contribution in [0.5, 0.6) is 0 Å². The van der Waals surface area contributed by atoms with E-state index in [2.05, 4.69) is 0 Å². The molecule has 0 saturated carbocycles. The van der Waals surface area contributed by atoms with Gasteiger partial charge in [0, 0.05) is 25.4 Å². The Kier molecular flexibility index (Phi) is 10.7. The first kappa shape index (κ1) is 27.8. The number of nitrogens with zero attached hydrogens (tertiary/aromatic N) is 1. The number of carbonyl (C=O) groups is 4. The Balaban J connectivity index is 0.00000450. The molecule has 9 nitrogen and oxygen atoms in total. The van der Waals surface area contributed by atoms with Gasteiger partial charge >= 0.3 is 35.5 Å². The number of halogens is 3. The van der Waals surface area contributed by atoms with Gasteiger partial charge in [-0.05, 0) is 0 Å². The minimum Gasteiger partial charge on any atom is -0.543 e. The number of carboxylic acid groups (broad SMARTS) is 1. The maximum Gasteiger partial charge on any atom is 1.00 e. The van der Waals surface area contributed by atoms with Crippen molar-refractivity contribution in [3.63, 3.8) is 0 Å². The number of carboxylic acids is 1. The first-order valence-electron chi connectivity index (χ1n) is 7.46. The number of thioether (sulfide) groups is 1. The molecule has 0 bridgehead atoms. The van der Waals surface area contributed by atoms with Crippen LogP contribution in [0.25, 0.3) is 0 Å². The van der Waals surface area contributed by atoms with Crippen molar-refractivity contribution >= 4 is 72.0 Å². The summed E-state index contributed by atoms with van der Waals surface area (Å²) < 4.78 is 45.7. The second kappa shape index (κ2) is 11.6. The van der Waals surface area contributed by atoms with Crippen LogP contribution in [0.2, 0.25) is 0 Å². The van der Waals surface area contributed by atoms with Gasteiger partial charge in [0.15, 0.2) is 0 Å². The third kappa shape index (κ3) is 5.22.